The first-order valence-corrected chi connectivity index (χ1v) is 6.85. The Kier molecular flexibility index (Phi) is 6.14. The number of carbonyl (C=O) groups excluding carboxylic acids is 3. The number of carbonyl (C=O) groups is 3. The first-order chi connectivity index (χ1) is 9.72. The van der Waals surface area contributed by atoms with Crippen LogP contribution in [-0.2, 0) is 33.3 Å². The van der Waals surface area contributed by atoms with Crippen LogP contribution in [0.5, 0.6) is 0 Å². The van der Waals surface area contributed by atoms with Crippen molar-refractivity contribution < 1.29 is 33.3 Å². The Hall–Kier alpha value is -1.63. The van der Waals surface area contributed by atoms with Crippen LogP contribution in [0, 0.1) is 5.92 Å². The van der Waals surface area contributed by atoms with Gasteiger partial charge in [-0.2, -0.15) is 0 Å². The molecule has 1 heterocycles. The van der Waals surface area contributed by atoms with E-state index < -0.39 is 36.2 Å². The van der Waals surface area contributed by atoms with Crippen molar-refractivity contribution in [3.05, 3.63) is 0 Å². The maximum Gasteiger partial charge on any atom is 0.303 e. The van der Waals surface area contributed by atoms with Crippen LogP contribution in [0.3, 0.4) is 0 Å². The van der Waals surface area contributed by atoms with Gasteiger partial charge in [-0.25, -0.2) is 0 Å². The third kappa shape index (κ3) is 5.00. The van der Waals surface area contributed by atoms with Crippen molar-refractivity contribution in [1.29, 1.82) is 0 Å². The summed E-state index contributed by atoms with van der Waals surface area (Å²) in [6, 6.07) is 0. The van der Waals surface area contributed by atoms with Crippen LogP contribution in [0.1, 0.15) is 34.6 Å². The molecule has 1 aliphatic heterocycles. The lowest BCUT2D eigenvalue weighted by Crippen LogP contribution is -2.57. The summed E-state index contributed by atoms with van der Waals surface area (Å²) in [6.07, 6.45) is -2.36. The molecule has 0 radical (unpaired) electrons. The molecule has 1 aliphatic rings. The fourth-order valence-electron chi connectivity index (χ4n) is 2.29. The molecule has 21 heavy (non-hydrogen) atoms. The van der Waals surface area contributed by atoms with E-state index in [1.54, 1.807) is 0 Å². The highest BCUT2D eigenvalue weighted by Gasteiger charge is 2.46. The Morgan fingerprint density at radius 1 is 0.905 bits per heavy atom. The van der Waals surface area contributed by atoms with Crippen molar-refractivity contribution in [3.8, 4) is 0 Å². The van der Waals surface area contributed by atoms with Crippen LogP contribution in [-0.4, -0.2) is 48.9 Å². The quantitative estimate of drug-likeness (QED) is 0.561. The summed E-state index contributed by atoms with van der Waals surface area (Å²) in [7, 11) is 0. The summed E-state index contributed by atoms with van der Waals surface area (Å²) in [5, 5.41) is 0. The van der Waals surface area contributed by atoms with E-state index in [0.29, 0.717) is 0 Å². The predicted octanol–water partition coefficient (Wildman–Crippen LogP) is 0.836. The molecular formula is C14H22O7. The zero-order valence-corrected chi connectivity index (χ0v) is 13.0. The van der Waals surface area contributed by atoms with E-state index in [1.165, 1.54) is 20.8 Å². The fourth-order valence-corrected chi connectivity index (χ4v) is 2.29. The number of esters is 3. The van der Waals surface area contributed by atoms with Crippen LogP contribution in [0.25, 0.3) is 0 Å². The number of hydrogen-bond acceptors (Lipinski definition) is 7. The van der Waals surface area contributed by atoms with Gasteiger partial charge in [0.1, 0.15) is 18.8 Å². The first-order valence-electron chi connectivity index (χ1n) is 6.85. The minimum atomic E-state index is -0.808. The molecule has 0 bridgehead atoms. The van der Waals surface area contributed by atoms with Crippen molar-refractivity contribution in [2.75, 3.05) is 6.61 Å². The first kappa shape index (κ1) is 17.4. The molecular weight excluding hydrogens is 280 g/mol. The lowest BCUT2D eigenvalue weighted by Gasteiger charge is -2.43. The fraction of sp³-hybridized carbons (Fsp3) is 0.786. The van der Waals surface area contributed by atoms with Crippen LogP contribution < -0.4 is 0 Å². The van der Waals surface area contributed by atoms with Crippen LogP contribution >= 0.6 is 0 Å². The minimum absolute atomic E-state index is 0.0674. The molecule has 5 atom stereocenters. The number of rotatable bonds is 4. The van der Waals surface area contributed by atoms with Crippen molar-refractivity contribution in [1.82, 2.24) is 0 Å². The maximum atomic E-state index is 11.3. The molecule has 7 nitrogen and oxygen atoms in total. The summed E-state index contributed by atoms with van der Waals surface area (Å²) >= 11 is 0. The van der Waals surface area contributed by atoms with Gasteiger partial charge in [0.25, 0.3) is 0 Å². The van der Waals surface area contributed by atoms with Crippen LogP contribution in [0.15, 0.2) is 0 Å². The summed E-state index contributed by atoms with van der Waals surface area (Å²) < 4.78 is 21.2. The van der Waals surface area contributed by atoms with E-state index in [9.17, 15) is 14.4 Å². The van der Waals surface area contributed by atoms with Gasteiger partial charge >= 0.3 is 17.9 Å². The lowest BCUT2D eigenvalue weighted by molar-refractivity contribution is -0.228. The molecule has 0 amide bonds. The highest BCUT2D eigenvalue weighted by molar-refractivity contribution is 5.67. The van der Waals surface area contributed by atoms with Crippen molar-refractivity contribution in [3.63, 3.8) is 0 Å². The molecule has 120 valence electrons. The van der Waals surface area contributed by atoms with E-state index in [-0.39, 0.29) is 18.6 Å². The van der Waals surface area contributed by atoms with Gasteiger partial charge < -0.3 is 18.9 Å². The molecule has 7 heteroatoms. The van der Waals surface area contributed by atoms with Crippen LogP contribution in [0.4, 0.5) is 0 Å². The smallest absolute Gasteiger partial charge is 0.303 e. The normalized spacial score (nSPS) is 32.1. The molecule has 0 aromatic heterocycles. The summed E-state index contributed by atoms with van der Waals surface area (Å²) in [6.45, 7) is 7.43. The topological polar surface area (TPSA) is 88.1 Å². The zero-order valence-electron chi connectivity index (χ0n) is 13.0. The molecule has 1 rings (SSSR count). The van der Waals surface area contributed by atoms with E-state index in [2.05, 4.69) is 0 Å². The second-order valence-corrected chi connectivity index (χ2v) is 5.19. The van der Waals surface area contributed by atoms with E-state index in [0.717, 1.165) is 0 Å². The molecule has 0 aromatic carbocycles. The molecule has 0 spiro atoms. The Morgan fingerprint density at radius 3 is 1.90 bits per heavy atom. The second-order valence-electron chi connectivity index (χ2n) is 5.19. The van der Waals surface area contributed by atoms with E-state index >= 15 is 0 Å². The van der Waals surface area contributed by atoms with Gasteiger partial charge in [-0.05, 0) is 6.92 Å². The van der Waals surface area contributed by atoms with Crippen molar-refractivity contribution in [2.45, 2.75) is 59.0 Å². The second kappa shape index (κ2) is 7.40. The highest BCUT2D eigenvalue weighted by atomic mass is 16.6. The summed E-state index contributed by atoms with van der Waals surface area (Å²) in [4.78, 5) is 33.5. The Bertz CT molecular complexity index is 406. The van der Waals surface area contributed by atoms with E-state index in [4.69, 9.17) is 18.9 Å². The van der Waals surface area contributed by atoms with E-state index in [1.807, 2.05) is 13.8 Å². The SMILES string of the molecule is CC(=O)OC[C@H]1OC(C)[C@H](C)[C@@H](OC(C)=O)[C@@H]1OC(C)=O. The minimum Gasteiger partial charge on any atom is -0.463 e. The van der Waals surface area contributed by atoms with Crippen molar-refractivity contribution >= 4 is 17.9 Å². The monoisotopic (exact) mass is 302 g/mol. The predicted molar refractivity (Wildman–Crippen MR) is 71.2 cm³/mol. The Morgan fingerprint density at radius 2 is 1.43 bits per heavy atom. The van der Waals surface area contributed by atoms with Gasteiger partial charge in [0.15, 0.2) is 6.10 Å². The van der Waals surface area contributed by atoms with Gasteiger partial charge in [0.2, 0.25) is 0 Å². The number of ether oxygens (including phenoxy) is 4. The molecule has 1 saturated heterocycles. The average Bonchev–Trinajstić information content (AvgIpc) is 2.35. The lowest BCUT2D eigenvalue weighted by atomic mass is 9.88. The third-order valence-electron chi connectivity index (χ3n) is 3.39. The molecule has 0 saturated carbocycles. The van der Waals surface area contributed by atoms with Gasteiger partial charge in [-0.1, -0.05) is 6.92 Å². The largest absolute Gasteiger partial charge is 0.463 e. The molecule has 0 N–H and O–H groups in total. The third-order valence-corrected chi connectivity index (χ3v) is 3.39. The molecule has 1 unspecified atom stereocenters. The van der Waals surface area contributed by atoms with Gasteiger partial charge in [-0.3, -0.25) is 14.4 Å². The Labute approximate surface area is 123 Å². The zero-order chi connectivity index (χ0) is 16.2. The summed E-state index contributed by atoms with van der Waals surface area (Å²) in [5.74, 6) is -1.61. The standard InChI is InChI=1S/C14H22O7/c1-7-8(2)19-12(6-18-9(3)15)14(21-11(5)17)13(7)20-10(4)16/h7-8,12-14H,6H2,1-5H3/t7-,8?,12+,13+,14+/m0/s1. The molecule has 1 fully saturated rings. The summed E-state index contributed by atoms with van der Waals surface area (Å²) in [5.41, 5.74) is 0. The van der Waals surface area contributed by atoms with Gasteiger partial charge in [0, 0.05) is 26.7 Å². The van der Waals surface area contributed by atoms with Crippen molar-refractivity contribution in [2.24, 2.45) is 5.92 Å². The highest BCUT2D eigenvalue weighted by Crippen LogP contribution is 2.30. The average molecular weight is 302 g/mol. The Balaban J connectivity index is 2.94. The number of hydrogen-bond donors (Lipinski definition) is 0. The van der Waals surface area contributed by atoms with Gasteiger partial charge in [-0.15, -0.1) is 0 Å². The molecule has 0 aliphatic carbocycles. The molecule has 0 aromatic rings. The van der Waals surface area contributed by atoms with Gasteiger partial charge in [0.05, 0.1) is 6.10 Å². The van der Waals surface area contributed by atoms with Crippen LogP contribution in [0.2, 0.25) is 0 Å². The maximum absolute atomic E-state index is 11.3.